The van der Waals surface area contributed by atoms with E-state index in [-0.39, 0.29) is 24.1 Å². The van der Waals surface area contributed by atoms with Gasteiger partial charge in [-0.25, -0.2) is 4.79 Å². The average molecular weight is 369 g/mol. The zero-order valence-electron chi connectivity index (χ0n) is 15.3. The second-order valence-corrected chi connectivity index (χ2v) is 7.17. The number of amides is 1. The van der Waals surface area contributed by atoms with Gasteiger partial charge in [-0.15, -0.1) is 0 Å². The normalized spacial score (nSPS) is 19.5. The first-order valence-corrected chi connectivity index (χ1v) is 9.46. The van der Waals surface area contributed by atoms with Crippen molar-refractivity contribution in [2.24, 2.45) is 0 Å². The van der Waals surface area contributed by atoms with Gasteiger partial charge in [0.25, 0.3) is 5.91 Å². The minimum Gasteiger partial charge on any atom is -0.485 e. The molecule has 1 saturated carbocycles. The van der Waals surface area contributed by atoms with E-state index in [9.17, 15) is 9.59 Å². The Bertz CT molecular complexity index is 898. The molecule has 1 fully saturated rings. The number of benzene rings is 1. The van der Waals surface area contributed by atoms with Crippen LogP contribution in [0.15, 0.2) is 39.5 Å². The molecule has 142 valence electrons. The highest BCUT2D eigenvalue weighted by atomic mass is 16.6. The molecule has 6 nitrogen and oxygen atoms in total. The smallest absolute Gasteiger partial charge is 0.349 e. The summed E-state index contributed by atoms with van der Waals surface area (Å²) < 4.78 is 17.0. The SMILES string of the molecule is Cc1cc(C2COc3ccccc3O2)oc(=O)c1C(=O)NC1CCCCC1. The van der Waals surface area contributed by atoms with Crippen molar-refractivity contribution < 1.29 is 18.7 Å². The quantitative estimate of drug-likeness (QED) is 0.896. The molecule has 1 atom stereocenters. The van der Waals surface area contributed by atoms with Gasteiger partial charge >= 0.3 is 5.63 Å². The van der Waals surface area contributed by atoms with E-state index in [4.69, 9.17) is 13.9 Å². The molecule has 2 heterocycles. The van der Waals surface area contributed by atoms with Crippen LogP contribution in [0.5, 0.6) is 11.5 Å². The first kappa shape index (κ1) is 17.6. The maximum atomic E-state index is 12.6. The lowest BCUT2D eigenvalue weighted by Gasteiger charge is -2.26. The highest BCUT2D eigenvalue weighted by molar-refractivity contribution is 5.95. The first-order chi connectivity index (χ1) is 13.1. The summed E-state index contributed by atoms with van der Waals surface area (Å²) in [6.07, 6.45) is 4.81. The number of ether oxygens (including phenoxy) is 2. The third-order valence-electron chi connectivity index (χ3n) is 5.16. The van der Waals surface area contributed by atoms with Crippen molar-refractivity contribution in [1.29, 1.82) is 0 Å². The zero-order chi connectivity index (χ0) is 18.8. The van der Waals surface area contributed by atoms with E-state index in [1.807, 2.05) is 18.2 Å². The van der Waals surface area contributed by atoms with Gasteiger partial charge in [0.05, 0.1) is 0 Å². The molecule has 6 heteroatoms. The molecule has 1 aromatic carbocycles. The summed E-state index contributed by atoms with van der Waals surface area (Å²) in [5.74, 6) is 1.27. The minimum absolute atomic E-state index is 0.0708. The summed E-state index contributed by atoms with van der Waals surface area (Å²) in [5.41, 5.74) is 0.0132. The predicted octanol–water partition coefficient (Wildman–Crippen LogP) is 3.52. The van der Waals surface area contributed by atoms with Crippen LogP contribution in [-0.4, -0.2) is 18.6 Å². The highest BCUT2D eigenvalue weighted by Crippen LogP contribution is 2.35. The predicted molar refractivity (Wildman–Crippen MR) is 99.4 cm³/mol. The number of para-hydroxylation sites is 2. The second-order valence-electron chi connectivity index (χ2n) is 7.17. The standard InChI is InChI=1S/C21H23NO5/c1-13-11-17(18-12-25-15-9-5-6-10-16(15)26-18)27-21(24)19(13)20(23)22-14-7-3-2-4-8-14/h5-6,9-11,14,18H,2-4,7-8,12H2,1H3,(H,22,23). The van der Waals surface area contributed by atoms with E-state index in [0.717, 1.165) is 25.7 Å². The molecule has 1 N–H and O–H groups in total. The van der Waals surface area contributed by atoms with E-state index in [1.54, 1.807) is 19.1 Å². The Morgan fingerprint density at radius 3 is 2.59 bits per heavy atom. The van der Waals surface area contributed by atoms with Crippen molar-refractivity contribution in [2.75, 3.05) is 6.61 Å². The fraction of sp³-hybridized carbons (Fsp3) is 0.429. The number of hydrogen-bond donors (Lipinski definition) is 1. The molecule has 1 aromatic heterocycles. The molecular weight excluding hydrogens is 346 g/mol. The number of carbonyl (C=O) groups is 1. The van der Waals surface area contributed by atoms with Gasteiger partial charge in [-0.05, 0) is 43.5 Å². The maximum absolute atomic E-state index is 12.6. The third kappa shape index (κ3) is 3.70. The van der Waals surface area contributed by atoms with Gasteiger partial charge in [0.15, 0.2) is 23.4 Å². The van der Waals surface area contributed by atoms with Crippen LogP contribution < -0.4 is 20.4 Å². The van der Waals surface area contributed by atoms with E-state index >= 15 is 0 Å². The van der Waals surface area contributed by atoms with Crippen molar-refractivity contribution in [1.82, 2.24) is 5.32 Å². The number of hydrogen-bond acceptors (Lipinski definition) is 5. The van der Waals surface area contributed by atoms with Crippen LogP contribution in [0.3, 0.4) is 0 Å². The summed E-state index contributed by atoms with van der Waals surface area (Å²) >= 11 is 0. The first-order valence-electron chi connectivity index (χ1n) is 9.46. The molecular formula is C21H23NO5. The second kappa shape index (κ2) is 7.47. The molecule has 2 aliphatic rings. The van der Waals surface area contributed by atoms with Crippen LogP contribution in [0.1, 0.15) is 59.9 Å². The Balaban J connectivity index is 1.54. The average Bonchev–Trinajstić information content (AvgIpc) is 2.68. The lowest BCUT2D eigenvalue weighted by atomic mass is 9.95. The van der Waals surface area contributed by atoms with Gasteiger partial charge in [0.2, 0.25) is 0 Å². The molecule has 4 rings (SSSR count). The molecule has 27 heavy (non-hydrogen) atoms. The minimum atomic E-state index is -0.638. The van der Waals surface area contributed by atoms with E-state index in [0.29, 0.717) is 22.8 Å². The van der Waals surface area contributed by atoms with Crippen molar-refractivity contribution in [3.63, 3.8) is 0 Å². The van der Waals surface area contributed by atoms with Gasteiger partial charge in [-0.2, -0.15) is 0 Å². The number of carbonyl (C=O) groups excluding carboxylic acids is 1. The molecule has 1 aliphatic heterocycles. The maximum Gasteiger partial charge on any atom is 0.349 e. The van der Waals surface area contributed by atoms with Crippen molar-refractivity contribution >= 4 is 5.91 Å². The van der Waals surface area contributed by atoms with Crippen molar-refractivity contribution in [2.45, 2.75) is 51.2 Å². The Kier molecular flexibility index (Phi) is 4.88. The Labute approximate surface area is 157 Å². The molecule has 0 saturated heterocycles. The van der Waals surface area contributed by atoms with Crippen molar-refractivity contribution in [3.8, 4) is 11.5 Å². The van der Waals surface area contributed by atoms with Gasteiger partial charge in [-0.3, -0.25) is 4.79 Å². The van der Waals surface area contributed by atoms with Crippen LogP contribution in [0.2, 0.25) is 0 Å². The number of fused-ring (bicyclic) bond motifs is 1. The highest BCUT2D eigenvalue weighted by Gasteiger charge is 2.27. The van der Waals surface area contributed by atoms with E-state index < -0.39 is 11.7 Å². The molecule has 0 spiro atoms. The third-order valence-corrected chi connectivity index (χ3v) is 5.16. The number of nitrogens with one attached hydrogen (secondary N) is 1. The van der Waals surface area contributed by atoms with Gasteiger partial charge < -0.3 is 19.2 Å². The summed E-state index contributed by atoms with van der Waals surface area (Å²) in [5, 5.41) is 2.97. The van der Waals surface area contributed by atoms with Crippen molar-refractivity contribution in [3.05, 3.63) is 57.6 Å². The van der Waals surface area contributed by atoms with Crippen LogP contribution >= 0.6 is 0 Å². The van der Waals surface area contributed by atoms with Crippen LogP contribution in [0.4, 0.5) is 0 Å². The summed E-state index contributed by atoms with van der Waals surface area (Å²) in [6, 6.07) is 9.18. The Hall–Kier alpha value is -2.76. The summed E-state index contributed by atoms with van der Waals surface area (Å²) in [4.78, 5) is 25.1. The van der Waals surface area contributed by atoms with Gasteiger partial charge in [0, 0.05) is 6.04 Å². The van der Waals surface area contributed by atoms with E-state index in [1.165, 1.54) is 6.42 Å². The van der Waals surface area contributed by atoms with Gasteiger partial charge in [0.1, 0.15) is 12.2 Å². The Morgan fingerprint density at radius 2 is 1.85 bits per heavy atom. The van der Waals surface area contributed by atoms with Gasteiger partial charge in [-0.1, -0.05) is 31.4 Å². The lowest BCUT2D eigenvalue weighted by molar-refractivity contribution is 0.0721. The number of rotatable bonds is 3. The van der Waals surface area contributed by atoms with Crippen LogP contribution in [-0.2, 0) is 0 Å². The Morgan fingerprint density at radius 1 is 1.11 bits per heavy atom. The van der Waals surface area contributed by atoms with Crippen LogP contribution in [0, 0.1) is 6.92 Å². The summed E-state index contributed by atoms with van der Waals surface area (Å²) in [7, 11) is 0. The number of aryl methyl sites for hydroxylation is 1. The molecule has 1 unspecified atom stereocenters. The fourth-order valence-corrected chi connectivity index (χ4v) is 3.73. The molecule has 0 radical (unpaired) electrons. The topological polar surface area (TPSA) is 77.8 Å². The lowest BCUT2D eigenvalue weighted by Crippen LogP contribution is -2.39. The molecule has 0 bridgehead atoms. The molecule has 1 amide bonds. The molecule has 2 aromatic rings. The van der Waals surface area contributed by atoms with E-state index in [2.05, 4.69) is 5.32 Å². The summed E-state index contributed by atoms with van der Waals surface area (Å²) in [6.45, 7) is 1.99. The van der Waals surface area contributed by atoms with Crippen LogP contribution in [0.25, 0.3) is 0 Å². The largest absolute Gasteiger partial charge is 0.485 e. The fourth-order valence-electron chi connectivity index (χ4n) is 3.73. The molecule has 1 aliphatic carbocycles. The monoisotopic (exact) mass is 369 g/mol. The zero-order valence-corrected chi connectivity index (χ0v) is 15.3.